The van der Waals surface area contributed by atoms with Crippen molar-refractivity contribution in [1.29, 1.82) is 0 Å². The van der Waals surface area contributed by atoms with Gasteiger partial charge in [-0.05, 0) is 38.1 Å². The number of imidazole rings is 1. The quantitative estimate of drug-likeness (QED) is 0.413. The molecule has 8 heteroatoms. The van der Waals surface area contributed by atoms with Gasteiger partial charge in [0, 0.05) is 51.0 Å². The molecule has 186 valence electrons. The van der Waals surface area contributed by atoms with Crippen molar-refractivity contribution < 1.29 is 9.53 Å². The Morgan fingerprint density at radius 1 is 0.972 bits per heavy atom. The molecule has 1 N–H and O–H groups in total. The molecule has 0 radical (unpaired) electrons. The van der Waals surface area contributed by atoms with Crippen molar-refractivity contribution in [2.45, 2.75) is 20.4 Å². The highest BCUT2D eigenvalue weighted by atomic mass is 16.5. The van der Waals surface area contributed by atoms with Crippen molar-refractivity contribution in [3.8, 4) is 17.1 Å². The number of amides is 2. The molecule has 0 bridgehead atoms. The fraction of sp³-hybridized carbons (Fsp3) is 0.321. The molecule has 1 aliphatic rings. The number of nitrogens with zero attached hydrogens (tertiary/aromatic N) is 5. The molecule has 5 rings (SSSR count). The zero-order valence-electron chi connectivity index (χ0n) is 20.9. The molecule has 2 aromatic heterocycles. The number of para-hydroxylation sites is 2. The lowest BCUT2D eigenvalue weighted by molar-refractivity contribution is 0.144. The van der Waals surface area contributed by atoms with E-state index < -0.39 is 0 Å². The summed E-state index contributed by atoms with van der Waals surface area (Å²) in [6.07, 6.45) is 1.82. The highest BCUT2D eigenvalue weighted by molar-refractivity contribution is 5.91. The summed E-state index contributed by atoms with van der Waals surface area (Å²) in [5.41, 5.74) is 4.83. The first-order valence-corrected chi connectivity index (χ1v) is 12.5. The number of hydrogen-bond donors (Lipinski definition) is 1. The molecule has 3 heterocycles. The van der Waals surface area contributed by atoms with E-state index in [1.165, 1.54) is 5.56 Å². The van der Waals surface area contributed by atoms with Crippen LogP contribution in [0.15, 0.2) is 66.9 Å². The molecule has 36 heavy (non-hydrogen) atoms. The number of nitrogens with one attached hydrogen (secondary N) is 1. The van der Waals surface area contributed by atoms with Crippen LogP contribution in [0.3, 0.4) is 0 Å². The number of aryl methyl sites for hydroxylation is 1. The first-order chi connectivity index (χ1) is 17.6. The number of aromatic nitrogens is 3. The second-order valence-corrected chi connectivity index (χ2v) is 8.99. The number of benzene rings is 2. The second kappa shape index (κ2) is 10.8. The molecule has 4 aromatic rings. The summed E-state index contributed by atoms with van der Waals surface area (Å²) in [5, 5.41) is 3.01. The summed E-state index contributed by atoms with van der Waals surface area (Å²) >= 11 is 0. The number of carbonyl (C=O) groups excluding carboxylic acids is 1. The Morgan fingerprint density at radius 3 is 2.53 bits per heavy atom. The van der Waals surface area contributed by atoms with E-state index in [2.05, 4.69) is 51.0 Å². The molecule has 0 unspecified atom stereocenters. The number of fused-ring (bicyclic) bond motifs is 1. The summed E-state index contributed by atoms with van der Waals surface area (Å²) in [7, 11) is 0. The highest BCUT2D eigenvalue weighted by Crippen LogP contribution is 2.25. The van der Waals surface area contributed by atoms with Gasteiger partial charge in [-0.2, -0.15) is 0 Å². The van der Waals surface area contributed by atoms with Crippen molar-refractivity contribution >= 4 is 22.9 Å². The zero-order valence-corrected chi connectivity index (χ0v) is 20.9. The summed E-state index contributed by atoms with van der Waals surface area (Å²) in [6, 6.07) is 19.9. The second-order valence-electron chi connectivity index (χ2n) is 8.99. The van der Waals surface area contributed by atoms with Crippen LogP contribution in [0, 0.1) is 6.92 Å². The predicted molar refractivity (Wildman–Crippen MR) is 142 cm³/mol. The SMILES string of the molecule is CCOc1ccccc1NC(=O)N1CCN(CCn2c(-c3ccc(C)cc3)nc3cccnc32)CC1. The minimum atomic E-state index is -0.0896. The van der Waals surface area contributed by atoms with Gasteiger partial charge in [0.1, 0.15) is 17.1 Å². The van der Waals surface area contributed by atoms with Gasteiger partial charge in [0.15, 0.2) is 5.65 Å². The summed E-state index contributed by atoms with van der Waals surface area (Å²) in [5.74, 6) is 1.63. The molecule has 0 aliphatic carbocycles. The molecule has 1 fully saturated rings. The van der Waals surface area contributed by atoms with Crippen LogP contribution in [-0.4, -0.2) is 69.7 Å². The van der Waals surface area contributed by atoms with Gasteiger partial charge >= 0.3 is 6.03 Å². The average Bonchev–Trinajstić information content (AvgIpc) is 3.28. The van der Waals surface area contributed by atoms with Crippen LogP contribution in [0.25, 0.3) is 22.6 Å². The van der Waals surface area contributed by atoms with Crippen molar-refractivity contribution in [3.63, 3.8) is 0 Å². The number of piperazine rings is 1. The maximum atomic E-state index is 12.9. The lowest BCUT2D eigenvalue weighted by atomic mass is 10.1. The minimum Gasteiger partial charge on any atom is -0.492 e. The van der Waals surface area contributed by atoms with Crippen LogP contribution in [-0.2, 0) is 6.54 Å². The largest absolute Gasteiger partial charge is 0.492 e. The molecule has 2 aromatic carbocycles. The first kappa shape index (κ1) is 23.8. The predicted octanol–water partition coefficient (Wildman–Crippen LogP) is 4.66. The van der Waals surface area contributed by atoms with Crippen LogP contribution < -0.4 is 10.1 Å². The number of ether oxygens (including phenoxy) is 1. The Kier molecular flexibility index (Phi) is 7.13. The molecule has 0 spiro atoms. The minimum absolute atomic E-state index is 0.0896. The number of hydrogen-bond acceptors (Lipinski definition) is 5. The number of rotatable bonds is 7. The third-order valence-electron chi connectivity index (χ3n) is 6.54. The van der Waals surface area contributed by atoms with E-state index in [-0.39, 0.29) is 6.03 Å². The van der Waals surface area contributed by atoms with Gasteiger partial charge in [-0.3, -0.25) is 4.90 Å². The number of urea groups is 1. The van der Waals surface area contributed by atoms with Crippen LogP contribution in [0.1, 0.15) is 12.5 Å². The molecule has 0 saturated carbocycles. The lowest BCUT2D eigenvalue weighted by Crippen LogP contribution is -2.50. The Balaban J connectivity index is 1.22. The zero-order chi connectivity index (χ0) is 24.9. The summed E-state index contributed by atoms with van der Waals surface area (Å²) < 4.78 is 7.85. The van der Waals surface area contributed by atoms with E-state index in [1.54, 1.807) is 0 Å². The van der Waals surface area contributed by atoms with E-state index >= 15 is 0 Å². The Bertz CT molecular complexity index is 1330. The molecule has 8 nitrogen and oxygen atoms in total. The van der Waals surface area contributed by atoms with Crippen LogP contribution >= 0.6 is 0 Å². The van der Waals surface area contributed by atoms with Gasteiger partial charge in [0.05, 0.1) is 12.3 Å². The third kappa shape index (κ3) is 5.18. The van der Waals surface area contributed by atoms with Crippen molar-refractivity contribution in [2.24, 2.45) is 0 Å². The van der Waals surface area contributed by atoms with E-state index in [9.17, 15) is 4.79 Å². The van der Waals surface area contributed by atoms with Gasteiger partial charge in [-0.25, -0.2) is 14.8 Å². The third-order valence-corrected chi connectivity index (χ3v) is 6.54. The Morgan fingerprint density at radius 2 is 1.75 bits per heavy atom. The van der Waals surface area contributed by atoms with Gasteiger partial charge in [0.2, 0.25) is 0 Å². The fourth-order valence-electron chi connectivity index (χ4n) is 4.55. The Hall–Kier alpha value is -3.91. The maximum Gasteiger partial charge on any atom is 0.322 e. The van der Waals surface area contributed by atoms with E-state index in [4.69, 9.17) is 9.72 Å². The summed E-state index contributed by atoms with van der Waals surface area (Å²) in [6.45, 7) is 9.22. The smallest absolute Gasteiger partial charge is 0.322 e. The van der Waals surface area contributed by atoms with Crippen LogP contribution in [0.2, 0.25) is 0 Å². The molecular weight excluding hydrogens is 452 g/mol. The number of anilines is 1. The molecule has 1 aliphatic heterocycles. The molecule has 1 saturated heterocycles. The maximum absolute atomic E-state index is 12.9. The normalized spacial score (nSPS) is 14.2. The Labute approximate surface area is 211 Å². The van der Waals surface area contributed by atoms with E-state index in [0.717, 1.165) is 48.7 Å². The van der Waals surface area contributed by atoms with Crippen molar-refractivity contribution in [1.82, 2.24) is 24.3 Å². The first-order valence-electron chi connectivity index (χ1n) is 12.5. The number of pyridine rings is 1. The van der Waals surface area contributed by atoms with Crippen LogP contribution in [0.5, 0.6) is 5.75 Å². The van der Waals surface area contributed by atoms with Gasteiger partial charge < -0.3 is 19.5 Å². The van der Waals surface area contributed by atoms with Crippen LogP contribution in [0.4, 0.5) is 10.5 Å². The summed E-state index contributed by atoms with van der Waals surface area (Å²) in [4.78, 5) is 26.6. The van der Waals surface area contributed by atoms with Gasteiger partial charge in [0.25, 0.3) is 0 Å². The average molecular weight is 485 g/mol. The van der Waals surface area contributed by atoms with Crippen molar-refractivity contribution in [3.05, 3.63) is 72.4 Å². The monoisotopic (exact) mass is 484 g/mol. The van der Waals surface area contributed by atoms with Gasteiger partial charge in [-0.1, -0.05) is 42.0 Å². The van der Waals surface area contributed by atoms with E-state index in [0.29, 0.717) is 31.1 Å². The fourth-order valence-corrected chi connectivity index (χ4v) is 4.55. The topological polar surface area (TPSA) is 75.5 Å². The lowest BCUT2D eigenvalue weighted by Gasteiger charge is -2.34. The number of carbonyl (C=O) groups is 1. The standard InChI is InChI=1S/C28H32N6O2/c1-3-36-25-9-5-4-7-23(25)31-28(35)33-18-15-32(16-19-33)17-20-34-26(22-12-10-21(2)11-13-22)30-24-8-6-14-29-27(24)34/h4-14H,3,15-20H2,1-2H3,(H,31,35). The highest BCUT2D eigenvalue weighted by Gasteiger charge is 2.22. The van der Waals surface area contributed by atoms with E-state index in [1.807, 2.05) is 54.4 Å². The van der Waals surface area contributed by atoms with Crippen molar-refractivity contribution in [2.75, 3.05) is 44.6 Å². The molecule has 0 atom stereocenters. The molecule has 2 amide bonds. The molecular formula is C28H32N6O2. The van der Waals surface area contributed by atoms with Gasteiger partial charge in [-0.15, -0.1) is 0 Å².